The van der Waals surface area contributed by atoms with Crippen molar-refractivity contribution in [2.24, 2.45) is 0 Å². The zero-order valence-corrected chi connectivity index (χ0v) is 11.3. The molecule has 0 saturated heterocycles. The van der Waals surface area contributed by atoms with Gasteiger partial charge in [-0.05, 0) is 27.7 Å². The molecule has 0 aliphatic rings. The van der Waals surface area contributed by atoms with Gasteiger partial charge >= 0.3 is 0 Å². The summed E-state index contributed by atoms with van der Waals surface area (Å²) in [6.07, 6.45) is 5.55. The molecule has 6 heteroatoms. The van der Waals surface area contributed by atoms with E-state index in [4.69, 9.17) is 0 Å². The monoisotopic (exact) mass is 248 g/mol. The molecule has 1 unspecified atom stereocenters. The Morgan fingerprint density at radius 1 is 1.44 bits per heavy atom. The van der Waals surface area contributed by atoms with Crippen LogP contribution < -0.4 is 5.32 Å². The van der Waals surface area contributed by atoms with Crippen LogP contribution in [0.4, 0.5) is 0 Å². The summed E-state index contributed by atoms with van der Waals surface area (Å²) in [7, 11) is 0. The number of hydrogen-bond acceptors (Lipinski definition) is 4. The smallest absolute Gasteiger partial charge is 0.122 e. The van der Waals surface area contributed by atoms with Gasteiger partial charge in [-0.1, -0.05) is 5.21 Å². The van der Waals surface area contributed by atoms with E-state index in [0.29, 0.717) is 6.54 Å². The van der Waals surface area contributed by atoms with E-state index in [9.17, 15) is 0 Å². The lowest BCUT2D eigenvalue weighted by atomic mass is 10.1. The van der Waals surface area contributed by atoms with Crippen molar-refractivity contribution in [2.75, 3.05) is 0 Å². The predicted molar refractivity (Wildman–Crippen MR) is 68.9 cm³/mol. The number of rotatable bonds is 4. The second-order valence-corrected chi connectivity index (χ2v) is 5.40. The highest BCUT2D eigenvalue weighted by Crippen LogP contribution is 2.12. The van der Waals surface area contributed by atoms with Crippen LogP contribution in [0.3, 0.4) is 0 Å². The molecule has 0 aliphatic carbocycles. The summed E-state index contributed by atoms with van der Waals surface area (Å²) in [5, 5.41) is 11.6. The maximum absolute atomic E-state index is 4.21. The molecule has 2 heterocycles. The SMILES string of the molecule is CC(NCc1cn(C(C)(C)C)nn1)c1ncc[nH]1. The Morgan fingerprint density at radius 2 is 2.22 bits per heavy atom. The minimum Gasteiger partial charge on any atom is -0.347 e. The zero-order chi connectivity index (χ0) is 13.2. The van der Waals surface area contributed by atoms with E-state index in [2.05, 4.69) is 53.3 Å². The standard InChI is InChI=1S/C12H20N6/c1-9(11-13-5-6-14-11)15-7-10-8-18(17-16-10)12(2,3)4/h5-6,8-9,15H,7H2,1-4H3,(H,13,14). The van der Waals surface area contributed by atoms with Crippen LogP contribution in [-0.4, -0.2) is 25.0 Å². The molecule has 0 aliphatic heterocycles. The molecule has 0 amide bonds. The molecule has 0 spiro atoms. The molecule has 0 saturated carbocycles. The first-order valence-corrected chi connectivity index (χ1v) is 6.11. The average molecular weight is 248 g/mol. The Kier molecular flexibility index (Phi) is 3.47. The number of imidazole rings is 1. The van der Waals surface area contributed by atoms with E-state index < -0.39 is 0 Å². The molecule has 0 radical (unpaired) electrons. The highest BCUT2D eigenvalue weighted by Gasteiger charge is 2.15. The second-order valence-electron chi connectivity index (χ2n) is 5.40. The number of aromatic nitrogens is 5. The minimum absolute atomic E-state index is 0.0299. The molecule has 98 valence electrons. The number of H-pyrrole nitrogens is 1. The van der Waals surface area contributed by atoms with Crippen molar-refractivity contribution >= 4 is 0 Å². The Hall–Kier alpha value is -1.69. The van der Waals surface area contributed by atoms with Crippen LogP contribution >= 0.6 is 0 Å². The molecule has 1 atom stereocenters. The second kappa shape index (κ2) is 4.89. The number of nitrogens with zero attached hydrogens (tertiary/aromatic N) is 4. The molecule has 2 N–H and O–H groups in total. The normalized spacial score (nSPS) is 13.8. The van der Waals surface area contributed by atoms with Gasteiger partial charge in [0, 0.05) is 18.9 Å². The van der Waals surface area contributed by atoms with Gasteiger partial charge in [0.05, 0.1) is 23.5 Å². The van der Waals surface area contributed by atoms with Gasteiger partial charge in [-0.15, -0.1) is 5.10 Å². The lowest BCUT2D eigenvalue weighted by Gasteiger charge is -2.17. The lowest BCUT2D eigenvalue weighted by Crippen LogP contribution is -2.22. The first-order chi connectivity index (χ1) is 8.47. The molecule has 6 nitrogen and oxygen atoms in total. The molecule has 18 heavy (non-hydrogen) atoms. The van der Waals surface area contributed by atoms with Crippen molar-refractivity contribution in [3.8, 4) is 0 Å². The topological polar surface area (TPSA) is 71.4 Å². The van der Waals surface area contributed by atoms with Crippen molar-refractivity contribution in [3.63, 3.8) is 0 Å². The van der Waals surface area contributed by atoms with E-state index >= 15 is 0 Å². The number of nitrogens with one attached hydrogen (secondary N) is 2. The molecular formula is C12H20N6. The van der Waals surface area contributed by atoms with E-state index in [0.717, 1.165) is 11.5 Å². The summed E-state index contributed by atoms with van der Waals surface area (Å²) in [5.74, 6) is 0.929. The Morgan fingerprint density at radius 3 is 2.78 bits per heavy atom. The summed E-state index contributed by atoms with van der Waals surface area (Å²) in [6, 6.07) is 0.166. The summed E-state index contributed by atoms with van der Waals surface area (Å²) in [5.41, 5.74) is 0.904. The summed E-state index contributed by atoms with van der Waals surface area (Å²) in [6.45, 7) is 9.05. The summed E-state index contributed by atoms with van der Waals surface area (Å²) < 4.78 is 1.88. The highest BCUT2D eigenvalue weighted by molar-refractivity contribution is 4.98. The molecular weight excluding hydrogens is 228 g/mol. The van der Waals surface area contributed by atoms with Gasteiger partial charge < -0.3 is 10.3 Å². The van der Waals surface area contributed by atoms with E-state index in [-0.39, 0.29) is 11.6 Å². The molecule has 2 rings (SSSR count). The maximum atomic E-state index is 4.21. The van der Waals surface area contributed by atoms with Gasteiger partial charge in [-0.2, -0.15) is 0 Å². The molecule has 0 bridgehead atoms. The number of aromatic amines is 1. The first-order valence-electron chi connectivity index (χ1n) is 6.11. The average Bonchev–Trinajstić information content (AvgIpc) is 2.96. The third-order valence-electron chi connectivity index (χ3n) is 2.75. The maximum Gasteiger partial charge on any atom is 0.122 e. The van der Waals surface area contributed by atoms with Gasteiger partial charge in [-0.3, -0.25) is 0 Å². The Bertz CT molecular complexity index is 479. The van der Waals surface area contributed by atoms with Crippen LogP contribution in [0.2, 0.25) is 0 Å². The molecule has 0 fully saturated rings. The summed E-state index contributed by atoms with van der Waals surface area (Å²) in [4.78, 5) is 7.30. The molecule has 2 aromatic rings. The van der Waals surface area contributed by atoms with Crippen LogP contribution in [0.15, 0.2) is 18.6 Å². The van der Waals surface area contributed by atoms with Crippen molar-refractivity contribution in [3.05, 3.63) is 30.1 Å². The van der Waals surface area contributed by atoms with Gasteiger partial charge in [0.15, 0.2) is 0 Å². The van der Waals surface area contributed by atoms with Crippen molar-refractivity contribution in [1.29, 1.82) is 0 Å². The van der Waals surface area contributed by atoms with Gasteiger partial charge in [0.2, 0.25) is 0 Å². The van der Waals surface area contributed by atoms with Crippen molar-refractivity contribution in [1.82, 2.24) is 30.3 Å². The van der Waals surface area contributed by atoms with Crippen molar-refractivity contribution < 1.29 is 0 Å². The van der Waals surface area contributed by atoms with Gasteiger partial charge in [0.1, 0.15) is 5.82 Å². The fraction of sp³-hybridized carbons (Fsp3) is 0.583. The fourth-order valence-corrected chi connectivity index (χ4v) is 1.58. The van der Waals surface area contributed by atoms with Crippen LogP contribution in [0.1, 0.15) is 45.3 Å². The van der Waals surface area contributed by atoms with Crippen LogP contribution in [0.5, 0.6) is 0 Å². The van der Waals surface area contributed by atoms with Gasteiger partial charge in [-0.25, -0.2) is 9.67 Å². The van der Waals surface area contributed by atoms with Gasteiger partial charge in [0.25, 0.3) is 0 Å². The van der Waals surface area contributed by atoms with E-state index in [1.807, 2.05) is 17.1 Å². The molecule has 2 aromatic heterocycles. The fourth-order valence-electron chi connectivity index (χ4n) is 1.58. The van der Waals surface area contributed by atoms with Crippen LogP contribution in [0.25, 0.3) is 0 Å². The minimum atomic E-state index is -0.0299. The van der Waals surface area contributed by atoms with Crippen molar-refractivity contribution in [2.45, 2.75) is 45.8 Å². The lowest BCUT2D eigenvalue weighted by molar-refractivity contribution is 0.347. The third kappa shape index (κ3) is 2.95. The zero-order valence-electron chi connectivity index (χ0n) is 11.3. The number of hydrogen-bond donors (Lipinski definition) is 2. The van der Waals surface area contributed by atoms with E-state index in [1.165, 1.54) is 0 Å². The quantitative estimate of drug-likeness (QED) is 0.862. The molecule has 0 aromatic carbocycles. The van der Waals surface area contributed by atoms with Crippen LogP contribution in [0, 0.1) is 0 Å². The predicted octanol–water partition coefficient (Wildman–Crippen LogP) is 1.61. The highest BCUT2D eigenvalue weighted by atomic mass is 15.4. The van der Waals surface area contributed by atoms with E-state index in [1.54, 1.807) is 6.20 Å². The Labute approximate surface area is 107 Å². The summed E-state index contributed by atoms with van der Waals surface area (Å²) >= 11 is 0. The third-order valence-corrected chi connectivity index (χ3v) is 2.75. The van der Waals surface area contributed by atoms with Crippen LogP contribution in [-0.2, 0) is 12.1 Å². The Balaban J connectivity index is 1.93. The first kappa shape index (κ1) is 12.8. The largest absolute Gasteiger partial charge is 0.347 e.